The summed E-state index contributed by atoms with van der Waals surface area (Å²) in [6.07, 6.45) is 0. The molecule has 2 N–H and O–H groups in total. The van der Waals surface area contributed by atoms with Crippen molar-refractivity contribution in [1.82, 2.24) is 0 Å². The molecule has 94 valence electrons. The van der Waals surface area contributed by atoms with E-state index < -0.39 is 0 Å². The molecule has 2 aromatic carbocycles. The van der Waals surface area contributed by atoms with Gasteiger partial charge in [-0.15, -0.1) is 11.8 Å². The molecule has 0 atom stereocenters. The molecule has 0 amide bonds. The Morgan fingerprint density at radius 1 is 1.06 bits per heavy atom. The molecule has 2 aromatic rings. The van der Waals surface area contributed by atoms with Crippen LogP contribution in [-0.4, -0.2) is 0 Å². The highest BCUT2D eigenvalue weighted by molar-refractivity contribution is 7.98. The van der Waals surface area contributed by atoms with E-state index in [1.165, 1.54) is 42.1 Å². The molecule has 0 heterocycles. The molecule has 0 aliphatic heterocycles. The average Bonchev–Trinajstić information content (AvgIpc) is 2.32. The van der Waals surface area contributed by atoms with Crippen LogP contribution in [0.1, 0.15) is 5.56 Å². The fourth-order valence-electron chi connectivity index (χ4n) is 1.46. The van der Waals surface area contributed by atoms with Gasteiger partial charge in [0.1, 0.15) is 11.6 Å². The summed E-state index contributed by atoms with van der Waals surface area (Å²) in [5.74, 6) is -0.227. The minimum atomic E-state index is -0.374. The quantitative estimate of drug-likeness (QED) is 0.664. The standard InChI is InChI=1S/C13H10ClF2NS/c14-11-3-1-9(15)5-8(11)7-18-13-4-2-10(16)6-12(13)17/h1-6H,7,17H2. The Hall–Kier alpha value is -1.26. The number of nitrogens with two attached hydrogens (primary N) is 1. The molecule has 0 saturated heterocycles. The van der Waals surface area contributed by atoms with E-state index >= 15 is 0 Å². The second-order valence-corrected chi connectivity index (χ2v) is 5.13. The second kappa shape index (κ2) is 5.59. The number of benzene rings is 2. The fourth-order valence-corrected chi connectivity index (χ4v) is 2.66. The van der Waals surface area contributed by atoms with E-state index in [0.717, 1.165) is 4.90 Å². The third kappa shape index (κ3) is 3.15. The monoisotopic (exact) mass is 285 g/mol. The Balaban J connectivity index is 2.13. The van der Waals surface area contributed by atoms with Gasteiger partial charge in [-0.05, 0) is 42.0 Å². The van der Waals surface area contributed by atoms with E-state index in [1.54, 1.807) is 6.07 Å². The average molecular weight is 286 g/mol. The number of hydrogen-bond acceptors (Lipinski definition) is 2. The van der Waals surface area contributed by atoms with E-state index in [2.05, 4.69) is 0 Å². The van der Waals surface area contributed by atoms with Gasteiger partial charge < -0.3 is 5.73 Å². The van der Waals surface area contributed by atoms with Crippen LogP contribution in [-0.2, 0) is 5.75 Å². The Labute approximate surface area is 113 Å². The summed E-state index contributed by atoms with van der Waals surface area (Å²) in [7, 11) is 0. The van der Waals surface area contributed by atoms with E-state index in [1.807, 2.05) is 0 Å². The maximum atomic E-state index is 13.1. The first-order chi connectivity index (χ1) is 8.56. The molecule has 0 aromatic heterocycles. The molecule has 0 unspecified atom stereocenters. The van der Waals surface area contributed by atoms with Crippen LogP contribution in [0.2, 0.25) is 5.02 Å². The summed E-state index contributed by atoms with van der Waals surface area (Å²) < 4.78 is 25.9. The lowest BCUT2D eigenvalue weighted by Crippen LogP contribution is -1.91. The van der Waals surface area contributed by atoms with E-state index in [0.29, 0.717) is 22.0 Å². The third-order valence-electron chi connectivity index (χ3n) is 2.36. The number of rotatable bonds is 3. The molecule has 0 bridgehead atoms. The van der Waals surface area contributed by atoms with E-state index in [-0.39, 0.29) is 11.6 Å². The number of thioether (sulfide) groups is 1. The molecular weight excluding hydrogens is 276 g/mol. The van der Waals surface area contributed by atoms with Gasteiger partial charge in [-0.3, -0.25) is 0 Å². The molecule has 2 rings (SSSR count). The zero-order valence-corrected chi connectivity index (χ0v) is 10.9. The van der Waals surface area contributed by atoms with Crippen molar-refractivity contribution in [1.29, 1.82) is 0 Å². The predicted molar refractivity (Wildman–Crippen MR) is 71.8 cm³/mol. The minimum absolute atomic E-state index is 0.331. The SMILES string of the molecule is Nc1cc(F)ccc1SCc1cc(F)ccc1Cl. The van der Waals surface area contributed by atoms with Crippen molar-refractivity contribution in [3.05, 3.63) is 58.6 Å². The van der Waals surface area contributed by atoms with E-state index in [4.69, 9.17) is 17.3 Å². The normalized spacial score (nSPS) is 10.6. The first kappa shape index (κ1) is 13.2. The van der Waals surface area contributed by atoms with Gasteiger partial charge in [-0.25, -0.2) is 8.78 Å². The number of anilines is 1. The predicted octanol–water partition coefficient (Wildman–Crippen LogP) is 4.49. The Morgan fingerprint density at radius 3 is 2.44 bits per heavy atom. The molecule has 0 saturated carbocycles. The van der Waals surface area contributed by atoms with Crippen LogP contribution in [0.25, 0.3) is 0 Å². The van der Waals surface area contributed by atoms with Crippen LogP contribution < -0.4 is 5.73 Å². The van der Waals surface area contributed by atoms with Gasteiger partial charge in [0.2, 0.25) is 0 Å². The summed E-state index contributed by atoms with van der Waals surface area (Å²) >= 11 is 7.35. The van der Waals surface area contributed by atoms with Gasteiger partial charge in [0, 0.05) is 21.4 Å². The van der Waals surface area contributed by atoms with Crippen LogP contribution in [0.4, 0.5) is 14.5 Å². The summed E-state index contributed by atoms with van der Waals surface area (Å²) in [5, 5.41) is 0.504. The molecule has 0 aliphatic rings. The lowest BCUT2D eigenvalue weighted by molar-refractivity contribution is 0.626. The maximum absolute atomic E-state index is 13.1. The summed E-state index contributed by atoms with van der Waals surface area (Å²) in [6.45, 7) is 0. The lowest BCUT2D eigenvalue weighted by Gasteiger charge is -2.07. The highest BCUT2D eigenvalue weighted by Gasteiger charge is 2.06. The lowest BCUT2D eigenvalue weighted by atomic mass is 10.2. The van der Waals surface area contributed by atoms with Crippen molar-refractivity contribution in [3.63, 3.8) is 0 Å². The van der Waals surface area contributed by atoms with Crippen molar-refractivity contribution < 1.29 is 8.78 Å². The van der Waals surface area contributed by atoms with Crippen molar-refractivity contribution in [2.75, 3.05) is 5.73 Å². The minimum Gasteiger partial charge on any atom is -0.398 e. The molecule has 0 aliphatic carbocycles. The smallest absolute Gasteiger partial charge is 0.125 e. The number of halogens is 3. The van der Waals surface area contributed by atoms with Crippen LogP contribution in [0.3, 0.4) is 0 Å². The zero-order valence-electron chi connectivity index (χ0n) is 9.29. The van der Waals surface area contributed by atoms with Gasteiger partial charge in [-0.2, -0.15) is 0 Å². The van der Waals surface area contributed by atoms with Crippen LogP contribution in [0.15, 0.2) is 41.3 Å². The summed E-state index contributed by atoms with van der Waals surface area (Å²) in [5.41, 5.74) is 6.74. The number of nitrogen functional groups attached to an aromatic ring is 1. The molecule has 0 radical (unpaired) electrons. The van der Waals surface area contributed by atoms with Crippen molar-refractivity contribution in [2.24, 2.45) is 0 Å². The second-order valence-electron chi connectivity index (χ2n) is 3.71. The Kier molecular flexibility index (Phi) is 4.09. The first-order valence-corrected chi connectivity index (χ1v) is 6.54. The molecular formula is C13H10ClF2NS. The molecule has 0 spiro atoms. The Bertz CT molecular complexity index is 575. The maximum Gasteiger partial charge on any atom is 0.125 e. The third-order valence-corrected chi connectivity index (χ3v) is 3.87. The largest absolute Gasteiger partial charge is 0.398 e. The van der Waals surface area contributed by atoms with Gasteiger partial charge in [0.25, 0.3) is 0 Å². The molecule has 1 nitrogen and oxygen atoms in total. The van der Waals surface area contributed by atoms with Gasteiger partial charge in [0.05, 0.1) is 0 Å². The van der Waals surface area contributed by atoms with Crippen LogP contribution in [0.5, 0.6) is 0 Å². The van der Waals surface area contributed by atoms with Gasteiger partial charge in [-0.1, -0.05) is 11.6 Å². The van der Waals surface area contributed by atoms with Crippen molar-refractivity contribution in [2.45, 2.75) is 10.6 Å². The van der Waals surface area contributed by atoms with E-state index in [9.17, 15) is 8.78 Å². The fraction of sp³-hybridized carbons (Fsp3) is 0.0769. The first-order valence-electron chi connectivity index (χ1n) is 5.18. The summed E-state index contributed by atoms with van der Waals surface area (Å²) in [4.78, 5) is 0.747. The zero-order chi connectivity index (χ0) is 13.1. The molecule has 18 heavy (non-hydrogen) atoms. The number of hydrogen-bond donors (Lipinski definition) is 1. The van der Waals surface area contributed by atoms with Crippen molar-refractivity contribution >= 4 is 29.1 Å². The van der Waals surface area contributed by atoms with Crippen LogP contribution in [0, 0.1) is 11.6 Å². The molecule has 5 heteroatoms. The van der Waals surface area contributed by atoms with Crippen molar-refractivity contribution in [3.8, 4) is 0 Å². The van der Waals surface area contributed by atoms with Gasteiger partial charge >= 0.3 is 0 Å². The van der Waals surface area contributed by atoms with Crippen LogP contribution >= 0.6 is 23.4 Å². The highest BCUT2D eigenvalue weighted by atomic mass is 35.5. The summed E-state index contributed by atoms with van der Waals surface area (Å²) in [6, 6.07) is 8.41. The highest BCUT2D eigenvalue weighted by Crippen LogP contribution is 2.31. The molecule has 0 fully saturated rings. The topological polar surface area (TPSA) is 26.0 Å². The van der Waals surface area contributed by atoms with Gasteiger partial charge in [0.15, 0.2) is 0 Å². The Morgan fingerprint density at radius 2 is 1.72 bits per heavy atom.